The third-order valence-corrected chi connectivity index (χ3v) is 3.78. The van der Waals surface area contributed by atoms with Gasteiger partial charge in [-0.25, -0.2) is 0 Å². The number of halogens is 1. The van der Waals surface area contributed by atoms with Crippen molar-refractivity contribution >= 4 is 23.2 Å². The highest BCUT2D eigenvalue weighted by Crippen LogP contribution is 2.26. The van der Waals surface area contributed by atoms with Crippen molar-refractivity contribution in [2.75, 3.05) is 11.9 Å². The fourth-order valence-electron chi connectivity index (χ4n) is 2.47. The van der Waals surface area contributed by atoms with Crippen LogP contribution in [0.25, 0.3) is 0 Å². The maximum atomic E-state index is 12.3. The van der Waals surface area contributed by atoms with E-state index in [1.807, 2.05) is 0 Å². The molecule has 106 valence electrons. The first kappa shape index (κ1) is 14.9. The Morgan fingerprint density at radius 3 is 2.80 bits per heavy atom. The lowest BCUT2D eigenvalue weighted by atomic mass is 9.88. The van der Waals surface area contributed by atoms with Gasteiger partial charge in [0.1, 0.15) is 0 Å². The molecule has 3 N–H and O–H groups in total. The van der Waals surface area contributed by atoms with Gasteiger partial charge < -0.3 is 11.1 Å². The van der Waals surface area contributed by atoms with Crippen LogP contribution in [0.2, 0.25) is 5.02 Å². The van der Waals surface area contributed by atoms with Crippen LogP contribution in [-0.4, -0.2) is 12.5 Å². The summed E-state index contributed by atoms with van der Waals surface area (Å²) < 4.78 is 0. The first-order valence-electron chi connectivity index (χ1n) is 7.00. The fourth-order valence-corrected chi connectivity index (χ4v) is 2.65. The Kier molecular flexibility index (Phi) is 5.46. The van der Waals surface area contributed by atoms with Gasteiger partial charge in [-0.05, 0) is 31.0 Å². The van der Waals surface area contributed by atoms with Crippen molar-refractivity contribution in [2.45, 2.75) is 32.1 Å². The van der Waals surface area contributed by atoms with Gasteiger partial charge in [-0.1, -0.05) is 42.7 Å². The van der Waals surface area contributed by atoms with Crippen LogP contribution in [0.5, 0.6) is 0 Å². The molecule has 0 aliphatic heterocycles. The number of amides is 1. The SMILES string of the molecule is NCC#Cc1cc(Cl)ccc1NC(=O)C1CCCCC1. The summed E-state index contributed by atoms with van der Waals surface area (Å²) in [6, 6.07) is 5.30. The van der Waals surface area contributed by atoms with Crippen molar-refractivity contribution in [3.8, 4) is 11.8 Å². The van der Waals surface area contributed by atoms with E-state index in [-0.39, 0.29) is 18.4 Å². The first-order chi connectivity index (χ1) is 9.70. The van der Waals surface area contributed by atoms with Gasteiger partial charge in [0.25, 0.3) is 0 Å². The van der Waals surface area contributed by atoms with Crippen LogP contribution in [0.4, 0.5) is 5.69 Å². The molecule has 1 saturated carbocycles. The maximum absolute atomic E-state index is 12.3. The molecule has 3 nitrogen and oxygen atoms in total. The highest BCUT2D eigenvalue weighted by molar-refractivity contribution is 6.30. The highest BCUT2D eigenvalue weighted by Gasteiger charge is 2.21. The summed E-state index contributed by atoms with van der Waals surface area (Å²) in [4.78, 5) is 12.3. The number of hydrogen-bond donors (Lipinski definition) is 2. The van der Waals surface area contributed by atoms with Crippen LogP contribution in [-0.2, 0) is 4.79 Å². The van der Waals surface area contributed by atoms with E-state index >= 15 is 0 Å². The second-order valence-electron chi connectivity index (χ2n) is 5.02. The molecular weight excluding hydrogens is 272 g/mol. The Bertz CT molecular complexity index is 539. The molecule has 4 heteroatoms. The second kappa shape index (κ2) is 7.33. The zero-order chi connectivity index (χ0) is 14.4. The van der Waals surface area contributed by atoms with Gasteiger partial charge in [0.15, 0.2) is 0 Å². The molecule has 1 aromatic rings. The monoisotopic (exact) mass is 290 g/mol. The average molecular weight is 291 g/mol. The smallest absolute Gasteiger partial charge is 0.227 e. The first-order valence-corrected chi connectivity index (χ1v) is 7.38. The number of hydrogen-bond acceptors (Lipinski definition) is 2. The van der Waals surface area contributed by atoms with E-state index in [4.69, 9.17) is 17.3 Å². The van der Waals surface area contributed by atoms with E-state index in [2.05, 4.69) is 17.2 Å². The van der Waals surface area contributed by atoms with Crippen LogP contribution in [0, 0.1) is 17.8 Å². The predicted molar refractivity (Wildman–Crippen MR) is 82.6 cm³/mol. The van der Waals surface area contributed by atoms with Gasteiger partial charge in [-0.15, -0.1) is 0 Å². The lowest BCUT2D eigenvalue weighted by Gasteiger charge is -2.21. The average Bonchev–Trinajstić information content (AvgIpc) is 2.48. The molecule has 0 atom stereocenters. The van der Waals surface area contributed by atoms with Gasteiger partial charge >= 0.3 is 0 Å². The summed E-state index contributed by atoms with van der Waals surface area (Å²) in [6.45, 7) is 0.280. The Morgan fingerprint density at radius 1 is 1.35 bits per heavy atom. The normalized spacial score (nSPS) is 15.3. The van der Waals surface area contributed by atoms with Crippen molar-refractivity contribution in [2.24, 2.45) is 11.7 Å². The van der Waals surface area contributed by atoms with Gasteiger partial charge in [-0.3, -0.25) is 4.79 Å². The molecule has 0 radical (unpaired) electrons. The number of carbonyl (C=O) groups excluding carboxylic acids is 1. The van der Waals surface area contributed by atoms with Crippen LogP contribution in [0.15, 0.2) is 18.2 Å². The van der Waals surface area contributed by atoms with E-state index in [1.165, 1.54) is 6.42 Å². The van der Waals surface area contributed by atoms with E-state index in [1.54, 1.807) is 18.2 Å². The topological polar surface area (TPSA) is 55.1 Å². The minimum absolute atomic E-state index is 0.0859. The van der Waals surface area contributed by atoms with Crippen LogP contribution < -0.4 is 11.1 Å². The molecule has 0 spiro atoms. The van der Waals surface area contributed by atoms with E-state index in [0.717, 1.165) is 25.7 Å². The number of carbonyl (C=O) groups is 1. The minimum Gasteiger partial charge on any atom is -0.325 e. The van der Waals surface area contributed by atoms with E-state index in [0.29, 0.717) is 16.3 Å². The van der Waals surface area contributed by atoms with Crippen molar-refractivity contribution in [1.82, 2.24) is 0 Å². The number of anilines is 1. The molecule has 1 aromatic carbocycles. The number of benzene rings is 1. The van der Waals surface area contributed by atoms with Crippen molar-refractivity contribution in [1.29, 1.82) is 0 Å². The zero-order valence-corrected chi connectivity index (χ0v) is 12.2. The summed E-state index contributed by atoms with van der Waals surface area (Å²) in [5, 5.41) is 3.57. The summed E-state index contributed by atoms with van der Waals surface area (Å²) in [6.07, 6.45) is 5.46. The van der Waals surface area contributed by atoms with Gasteiger partial charge in [-0.2, -0.15) is 0 Å². The second-order valence-corrected chi connectivity index (χ2v) is 5.46. The molecule has 0 bridgehead atoms. The molecule has 1 amide bonds. The lowest BCUT2D eigenvalue weighted by Crippen LogP contribution is -2.25. The maximum Gasteiger partial charge on any atom is 0.227 e. The summed E-state index contributed by atoms with van der Waals surface area (Å²) in [5.74, 6) is 5.95. The predicted octanol–water partition coefficient (Wildman–Crippen LogP) is 3.17. The van der Waals surface area contributed by atoms with Gasteiger partial charge in [0, 0.05) is 16.5 Å². The number of nitrogens with two attached hydrogens (primary N) is 1. The molecule has 1 aliphatic rings. The Labute approximate surface area is 124 Å². The van der Waals surface area contributed by atoms with E-state index in [9.17, 15) is 4.79 Å². The Hall–Kier alpha value is -1.50. The fraction of sp³-hybridized carbons (Fsp3) is 0.438. The molecule has 1 aliphatic carbocycles. The van der Waals surface area contributed by atoms with Crippen molar-refractivity contribution in [3.05, 3.63) is 28.8 Å². The lowest BCUT2D eigenvalue weighted by molar-refractivity contribution is -0.120. The molecule has 2 rings (SSSR count). The number of rotatable bonds is 2. The molecule has 0 saturated heterocycles. The third kappa shape index (κ3) is 4.00. The number of nitrogens with one attached hydrogen (secondary N) is 1. The van der Waals surface area contributed by atoms with Crippen molar-refractivity contribution in [3.63, 3.8) is 0 Å². The molecule has 0 heterocycles. The molecule has 0 aromatic heterocycles. The van der Waals surface area contributed by atoms with Crippen molar-refractivity contribution < 1.29 is 4.79 Å². The molecule has 20 heavy (non-hydrogen) atoms. The summed E-state index contributed by atoms with van der Waals surface area (Å²) >= 11 is 5.97. The minimum atomic E-state index is 0.0859. The molecule has 0 unspecified atom stereocenters. The molecular formula is C16H19ClN2O. The summed E-state index contributed by atoms with van der Waals surface area (Å²) in [5.41, 5.74) is 6.82. The van der Waals surface area contributed by atoms with Gasteiger partial charge in [0.2, 0.25) is 5.91 Å². The van der Waals surface area contributed by atoms with Crippen LogP contribution in [0.1, 0.15) is 37.7 Å². The van der Waals surface area contributed by atoms with Crippen LogP contribution in [0.3, 0.4) is 0 Å². The van der Waals surface area contributed by atoms with E-state index < -0.39 is 0 Å². The summed E-state index contributed by atoms with van der Waals surface area (Å²) in [7, 11) is 0. The Morgan fingerprint density at radius 2 is 2.10 bits per heavy atom. The largest absolute Gasteiger partial charge is 0.325 e. The molecule has 1 fully saturated rings. The quantitative estimate of drug-likeness (QED) is 0.822. The van der Waals surface area contributed by atoms with Crippen LogP contribution >= 0.6 is 11.6 Å². The zero-order valence-electron chi connectivity index (χ0n) is 11.4. The Balaban J connectivity index is 2.13. The van der Waals surface area contributed by atoms with Gasteiger partial charge in [0.05, 0.1) is 12.2 Å². The third-order valence-electron chi connectivity index (χ3n) is 3.54. The highest BCUT2D eigenvalue weighted by atomic mass is 35.5. The standard InChI is InChI=1S/C16H19ClN2O/c17-14-8-9-15(13(11-14)7-4-10-18)19-16(20)12-5-2-1-3-6-12/h8-9,11-12H,1-3,5-6,10,18H2,(H,19,20).